The molecule has 9 heteroatoms. The number of rotatable bonds is 4. The summed E-state index contributed by atoms with van der Waals surface area (Å²) in [6.45, 7) is -0.838. The van der Waals surface area contributed by atoms with E-state index in [9.17, 15) is 8.42 Å². The molecule has 0 fully saturated rings. The number of nitrogens with two attached hydrogens (primary N) is 1. The Labute approximate surface area is 127 Å². The summed E-state index contributed by atoms with van der Waals surface area (Å²) in [6.07, 6.45) is 0. The second kappa shape index (κ2) is 6.35. The average molecular weight is 408 g/mol. The highest BCUT2D eigenvalue weighted by molar-refractivity contribution is 9.11. The second-order valence-electron chi connectivity index (χ2n) is 3.40. The second-order valence-corrected chi connectivity index (χ2v) is 7.04. The monoisotopic (exact) mass is 406 g/mol. The lowest BCUT2D eigenvalue weighted by molar-refractivity contribution is 0.479. The Hall–Kier alpha value is -1.13. The topological polar surface area (TPSA) is 111 Å². The molecule has 1 rings (SSSR count). The molecule has 0 aliphatic heterocycles. The lowest BCUT2D eigenvalue weighted by Gasteiger charge is -2.18. The van der Waals surface area contributed by atoms with E-state index < -0.39 is 23.1 Å². The van der Waals surface area contributed by atoms with E-state index in [1.165, 1.54) is 12.1 Å². The van der Waals surface area contributed by atoms with Gasteiger partial charge in [-0.2, -0.15) is 14.8 Å². The molecule has 0 aliphatic carbocycles. The molecule has 0 aromatic heterocycles. The highest BCUT2D eigenvalue weighted by Gasteiger charge is 2.28. The standard InChI is InChI=1S/C10H8Br2N4O2S/c11-7-5-8(12)10(9(15)6-7)19(17,18)16(3-1-13)4-2-14/h5-6H,3-4,15H2. The lowest BCUT2D eigenvalue weighted by atomic mass is 10.3. The summed E-state index contributed by atoms with van der Waals surface area (Å²) in [5.74, 6) is 0. The van der Waals surface area contributed by atoms with Gasteiger partial charge in [0.2, 0.25) is 10.0 Å². The molecule has 0 saturated carbocycles. The van der Waals surface area contributed by atoms with Crippen molar-refractivity contribution in [1.82, 2.24) is 4.31 Å². The van der Waals surface area contributed by atoms with Crippen LogP contribution >= 0.6 is 31.9 Å². The molecule has 0 atom stereocenters. The first kappa shape index (κ1) is 15.9. The molecule has 2 N–H and O–H groups in total. The molecule has 0 bridgehead atoms. The molecule has 1 aromatic carbocycles. The predicted octanol–water partition coefficient (Wildman–Crippen LogP) is 1.83. The normalized spacial score (nSPS) is 11.0. The van der Waals surface area contributed by atoms with Crippen molar-refractivity contribution >= 4 is 47.6 Å². The fourth-order valence-electron chi connectivity index (χ4n) is 1.37. The smallest absolute Gasteiger partial charge is 0.248 e. The Morgan fingerprint density at radius 3 is 2.16 bits per heavy atom. The fourth-order valence-corrected chi connectivity index (χ4v) is 4.61. The van der Waals surface area contributed by atoms with Crippen molar-refractivity contribution in [2.24, 2.45) is 0 Å². The van der Waals surface area contributed by atoms with Crippen molar-refractivity contribution in [2.45, 2.75) is 4.90 Å². The molecule has 0 spiro atoms. The lowest BCUT2D eigenvalue weighted by Crippen LogP contribution is -2.32. The Morgan fingerprint density at radius 2 is 1.74 bits per heavy atom. The van der Waals surface area contributed by atoms with Crippen LogP contribution in [0.5, 0.6) is 0 Å². The summed E-state index contributed by atoms with van der Waals surface area (Å²) < 4.78 is 26.4. The van der Waals surface area contributed by atoms with Gasteiger partial charge < -0.3 is 5.73 Å². The highest BCUT2D eigenvalue weighted by atomic mass is 79.9. The van der Waals surface area contributed by atoms with E-state index >= 15 is 0 Å². The third-order valence-electron chi connectivity index (χ3n) is 2.13. The Kier molecular flexibility index (Phi) is 5.32. The summed E-state index contributed by atoms with van der Waals surface area (Å²) in [5, 5.41) is 17.3. The van der Waals surface area contributed by atoms with Gasteiger partial charge in [-0.1, -0.05) is 15.9 Å². The van der Waals surface area contributed by atoms with Gasteiger partial charge in [0.1, 0.15) is 18.0 Å². The van der Waals surface area contributed by atoms with Crippen LogP contribution in [0.4, 0.5) is 5.69 Å². The van der Waals surface area contributed by atoms with Crippen LogP contribution in [-0.2, 0) is 10.0 Å². The molecule has 0 radical (unpaired) electrons. The minimum absolute atomic E-state index is 0.0297. The van der Waals surface area contributed by atoms with Crippen molar-refractivity contribution in [3.63, 3.8) is 0 Å². The predicted molar refractivity (Wildman–Crippen MR) is 76.2 cm³/mol. The van der Waals surface area contributed by atoms with Crippen molar-refractivity contribution in [1.29, 1.82) is 10.5 Å². The third-order valence-corrected chi connectivity index (χ3v) is 5.38. The van der Waals surface area contributed by atoms with Gasteiger partial charge in [-0.25, -0.2) is 8.42 Å². The molecule has 0 amide bonds. The molecule has 6 nitrogen and oxygen atoms in total. The van der Waals surface area contributed by atoms with Crippen LogP contribution in [0.1, 0.15) is 0 Å². The highest BCUT2D eigenvalue weighted by Crippen LogP contribution is 2.33. The summed E-state index contributed by atoms with van der Waals surface area (Å²) in [4.78, 5) is -0.152. The first-order chi connectivity index (χ1) is 8.84. The number of hydrogen-bond donors (Lipinski definition) is 1. The summed E-state index contributed by atoms with van der Waals surface area (Å²) in [7, 11) is -4.01. The molecule has 0 aliphatic rings. The van der Waals surface area contributed by atoms with E-state index in [-0.39, 0.29) is 15.1 Å². The van der Waals surface area contributed by atoms with Crippen LogP contribution in [-0.4, -0.2) is 25.8 Å². The number of sulfonamides is 1. The van der Waals surface area contributed by atoms with Gasteiger partial charge in [-0.3, -0.25) is 0 Å². The van der Waals surface area contributed by atoms with Crippen LogP contribution in [0.25, 0.3) is 0 Å². The zero-order valence-corrected chi connectivity index (χ0v) is 13.5. The van der Waals surface area contributed by atoms with E-state index in [1.807, 2.05) is 0 Å². The number of nitrogens with zero attached hydrogens (tertiary/aromatic N) is 3. The molecule has 100 valence electrons. The van der Waals surface area contributed by atoms with Gasteiger partial charge in [-0.05, 0) is 28.1 Å². The molecule has 1 aromatic rings. The molecule has 0 heterocycles. The number of benzene rings is 1. The summed E-state index contributed by atoms with van der Waals surface area (Å²) in [5.41, 5.74) is 5.74. The van der Waals surface area contributed by atoms with E-state index in [0.717, 1.165) is 4.31 Å². The molecule has 19 heavy (non-hydrogen) atoms. The maximum Gasteiger partial charge on any atom is 0.248 e. The number of halogens is 2. The summed E-state index contributed by atoms with van der Waals surface area (Å²) in [6, 6.07) is 6.39. The van der Waals surface area contributed by atoms with E-state index in [1.54, 1.807) is 12.1 Å². The summed E-state index contributed by atoms with van der Waals surface area (Å²) >= 11 is 6.31. The number of anilines is 1. The van der Waals surface area contributed by atoms with Gasteiger partial charge >= 0.3 is 0 Å². The van der Waals surface area contributed by atoms with Crippen molar-refractivity contribution in [2.75, 3.05) is 18.8 Å². The SMILES string of the molecule is N#CCN(CC#N)S(=O)(=O)c1c(N)cc(Br)cc1Br. The molecule has 0 unspecified atom stereocenters. The van der Waals surface area contributed by atoms with E-state index in [0.29, 0.717) is 4.47 Å². The zero-order valence-electron chi connectivity index (χ0n) is 9.47. The fraction of sp³-hybridized carbons (Fsp3) is 0.200. The molecular weight excluding hydrogens is 400 g/mol. The number of hydrogen-bond acceptors (Lipinski definition) is 5. The maximum absolute atomic E-state index is 12.4. The van der Waals surface area contributed by atoms with E-state index in [2.05, 4.69) is 31.9 Å². The first-order valence-electron chi connectivity index (χ1n) is 4.83. The maximum atomic E-state index is 12.4. The van der Waals surface area contributed by atoms with Crippen molar-refractivity contribution < 1.29 is 8.42 Å². The largest absolute Gasteiger partial charge is 0.398 e. The van der Waals surface area contributed by atoms with Gasteiger partial charge in [0.25, 0.3) is 0 Å². The van der Waals surface area contributed by atoms with Gasteiger partial charge in [0.05, 0.1) is 17.8 Å². The molecular formula is C10H8Br2N4O2S. The molecule has 0 saturated heterocycles. The Bertz CT molecular complexity index is 637. The van der Waals surface area contributed by atoms with Crippen LogP contribution in [0, 0.1) is 22.7 Å². The number of nitriles is 2. The first-order valence-corrected chi connectivity index (χ1v) is 7.85. The third kappa shape index (κ3) is 3.45. The Morgan fingerprint density at radius 1 is 1.21 bits per heavy atom. The van der Waals surface area contributed by atoms with Gasteiger partial charge in [-0.15, -0.1) is 0 Å². The minimum atomic E-state index is -4.01. The van der Waals surface area contributed by atoms with Crippen LogP contribution in [0.2, 0.25) is 0 Å². The Balaban J connectivity index is 3.43. The van der Waals surface area contributed by atoms with E-state index in [4.69, 9.17) is 16.3 Å². The van der Waals surface area contributed by atoms with Gasteiger partial charge in [0.15, 0.2) is 0 Å². The van der Waals surface area contributed by atoms with Crippen LogP contribution < -0.4 is 5.73 Å². The minimum Gasteiger partial charge on any atom is -0.398 e. The zero-order chi connectivity index (χ0) is 14.6. The van der Waals surface area contributed by atoms with Crippen molar-refractivity contribution in [3.05, 3.63) is 21.1 Å². The van der Waals surface area contributed by atoms with Crippen LogP contribution in [0.3, 0.4) is 0 Å². The quantitative estimate of drug-likeness (QED) is 0.604. The number of nitrogen functional groups attached to an aromatic ring is 1. The van der Waals surface area contributed by atoms with Crippen LogP contribution in [0.15, 0.2) is 26.0 Å². The van der Waals surface area contributed by atoms with Gasteiger partial charge in [0, 0.05) is 8.95 Å². The van der Waals surface area contributed by atoms with Crippen molar-refractivity contribution in [3.8, 4) is 12.1 Å². The average Bonchev–Trinajstić information content (AvgIpc) is 2.26.